The molecule has 0 aliphatic rings. The van der Waals surface area contributed by atoms with Gasteiger partial charge in [-0.1, -0.05) is 32.8 Å². The van der Waals surface area contributed by atoms with Gasteiger partial charge in [-0.3, -0.25) is 9.52 Å². The van der Waals surface area contributed by atoms with Crippen molar-refractivity contribution in [2.75, 3.05) is 11.0 Å². The summed E-state index contributed by atoms with van der Waals surface area (Å²) in [7, 11) is -3.91. The highest BCUT2D eigenvalue weighted by Gasteiger charge is 2.33. The van der Waals surface area contributed by atoms with E-state index in [1.54, 1.807) is 11.6 Å². The topological polar surface area (TPSA) is 88.2 Å². The van der Waals surface area contributed by atoms with Crippen LogP contribution in [0.3, 0.4) is 0 Å². The summed E-state index contributed by atoms with van der Waals surface area (Å²) in [5, 5.41) is 2.58. The number of pyridine rings is 1. The largest absolute Gasteiger partial charge is 0.433 e. The monoisotopic (exact) mass is 533 g/mol. The number of aryl methyl sites for hydroxylation is 1. The molecule has 198 valence electrons. The number of carbonyl (C=O) groups excluding carboxylic acids is 1. The molecule has 12 heteroatoms. The van der Waals surface area contributed by atoms with E-state index in [1.807, 2.05) is 6.92 Å². The van der Waals surface area contributed by atoms with Crippen molar-refractivity contribution in [3.05, 3.63) is 64.5 Å². The lowest BCUT2D eigenvalue weighted by Gasteiger charge is -2.17. The zero-order chi connectivity index (χ0) is 27.3. The maximum absolute atomic E-state index is 14.3. The Bertz CT molecular complexity index is 1220. The van der Waals surface area contributed by atoms with Gasteiger partial charge in [0.1, 0.15) is 11.4 Å². The van der Waals surface area contributed by atoms with E-state index in [-0.39, 0.29) is 17.7 Å². The van der Waals surface area contributed by atoms with E-state index in [0.29, 0.717) is 30.4 Å². The van der Waals surface area contributed by atoms with Gasteiger partial charge >= 0.3 is 6.18 Å². The number of rotatable bonds is 10. The van der Waals surface area contributed by atoms with E-state index < -0.39 is 51.2 Å². The number of halogens is 5. The highest BCUT2D eigenvalue weighted by Crippen LogP contribution is 2.31. The molecule has 2 rings (SSSR count). The second-order valence-corrected chi connectivity index (χ2v) is 10.1. The van der Waals surface area contributed by atoms with Crippen LogP contribution in [0.2, 0.25) is 0 Å². The molecule has 0 spiro atoms. The molecule has 0 aliphatic carbocycles. The number of nitrogens with zero attached hydrogens (tertiary/aromatic N) is 1. The molecule has 0 fully saturated rings. The van der Waals surface area contributed by atoms with Gasteiger partial charge in [-0.2, -0.15) is 13.2 Å². The third-order valence-electron chi connectivity index (χ3n) is 5.13. The molecule has 0 saturated heterocycles. The second-order valence-electron chi connectivity index (χ2n) is 8.32. The van der Waals surface area contributed by atoms with Gasteiger partial charge in [-0.15, -0.1) is 0 Å². The minimum absolute atomic E-state index is 0.0470. The number of amides is 1. The average molecular weight is 534 g/mol. The Morgan fingerprint density at radius 3 is 2.22 bits per heavy atom. The maximum atomic E-state index is 14.3. The number of alkyl halides is 3. The van der Waals surface area contributed by atoms with E-state index in [1.165, 1.54) is 19.1 Å². The Morgan fingerprint density at radius 2 is 1.72 bits per heavy atom. The molecule has 0 radical (unpaired) electrons. The van der Waals surface area contributed by atoms with Crippen molar-refractivity contribution in [2.45, 2.75) is 58.7 Å². The molecule has 1 heterocycles. The zero-order valence-electron chi connectivity index (χ0n) is 20.3. The van der Waals surface area contributed by atoms with E-state index in [4.69, 9.17) is 0 Å². The number of carbonyl (C=O) groups is 1. The SMILES string of the molecule is CCC/C(=C/C(=O)N[C@H](C)c1cc(F)c(NS(C)(=O)=O)c(F)c1)c1ccc(C(F)(F)F)nc1CCC. The van der Waals surface area contributed by atoms with Crippen molar-refractivity contribution < 1.29 is 35.2 Å². The number of hydrogen-bond donors (Lipinski definition) is 2. The molecular weight excluding hydrogens is 505 g/mol. The van der Waals surface area contributed by atoms with E-state index in [9.17, 15) is 35.2 Å². The summed E-state index contributed by atoms with van der Waals surface area (Å²) < 4.78 is 92.4. The normalized spacial score (nSPS) is 13.4. The Balaban J connectivity index is 2.35. The first kappa shape index (κ1) is 29.2. The van der Waals surface area contributed by atoms with Gasteiger partial charge in [-0.25, -0.2) is 22.2 Å². The van der Waals surface area contributed by atoms with Crippen LogP contribution in [0.4, 0.5) is 27.6 Å². The summed E-state index contributed by atoms with van der Waals surface area (Å²) >= 11 is 0. The standard InChI is InChI=1S/C24H28F5N3O3S/c1-5-7-15(17-9-10-21(24(27,28)29)31-20(17)8-6-2)13-22(33)30-14(3)16-11-18(25)23(19(26)12-16)32-36(4,34)35/h9-14,32H,5-8H2,1-4H3,(H,30,33)/b15-13-/t14-/m1/s1. The quantitative estimate of drug-likeness (QED) is 0.300. The highest BCUT2D eigenvalue weighted by molar-refractivity contribution is 7.92. The highest BCUT2D eigenvalue weighted by atomic mass is 32.2. The molecule has 2 N–H and O–H groups in total. The number of nitrogens with one attached hydrogen (secondary N) is 2. The van der Waals surface area contributed by atoms with Crippen LogP contribution in [-0.2, 0) is 27.4 Å². The first-order valence-electron chi connectivity index (χ1n) is 11.2. The molecule has 1 atom stereocenters. The Kier molecular flexibility index (Phi) is 9.58. The van der Waals surface area contributed by atoms with Crippen LogP contribution < -0.4 is 10.0 Å². The van der Waals surface area contributed by atoms with E-state index >= 15 is 0 Å². The molecule has 6 nitrogen and oxygen atoms in total. The fourth-order valence-corrected chi connectivity index (χ4v) is 4.12. The van der Waals surface area contributed by atoms with Crippen molar-refractivity contribution in [3.63, 3.8) is 0 Å². The molecular formula is C24H28F5N3O3S. The van der Waals surface area contributed by atoms with Gasteiger partial charge in [0.2, 0.25) is 15.9 Å². The van der Waals surface area contributed by atoms with Crippen LogP contribution in [0, 0.1) is 11.6 Å². The molecule has 1 aromatic carbocycles. The molecule has 1 aromatic heterocycles. The lowest BCUT2D eigenvalue weighted by molar-refractivity contribution is -0.141. The summed E-state index contributed by atoms with van der Waals surface area (Å²) in [5.74, 6) is -2.93. The Labute approximate surface area is 207 Å². The van der Waals surface area contributed by atoms with E-state index in [2.05, 4.69) is 10.3 Å². The minimum atomic E-state index is -4.60. The van der Waals surface area contributed by atoms with Crippen LogP contribution in [0.25, 0.3) is 5.57 Å². The first-order valence-corrected chi connectivity index (χ1v) is 13.1. The Hall–Kier alpha value is -3.02. The minimum Gasteiger partial charge on any atom is -0.346 e. The van der Waals surface area contributed by atoms with Crippen LogP contribution >= 0.6 is 0 Å². The van der Waals surface area contributed by atoms with Gasteiger partial charge in [-0.05, 0) is 54.7 Å². The third-order valence-corrected chi connectivity index (χ3v) is 5.71. The summed E-state index contributed by atoms with van der Waals surface area (Å²) in [6.45, 7) is 5.13. The maximum Gasteiger partial charge on any atom is 0.433 e. The lowest BCUT2D eigenvalue weighted by Crippen LogP contribution is -2.25. The van der Waals surface area contributed by atoms with E-state index in [0.717, 1.165) is 24.5 Å². The van der Waals surface area contributed by atoms with Crippen LogP contribution in [-0.4, -0.2) is 25.6 Å². The van der Waals surface area contributed by atoms with Gasteiger partial charge in [0.15, 0.2) is 11.6 Å². The number of hydrogen-bond acceptors (Lipinski definition) is 4. The lowest BCUT2D eigenvalue weighted by atomic mass is 9.96. The summed E-state index contributed by atoms with van der Waals surface area (Å²) in [4.78, 5) is 16.5. The van der Waals surface area contributed by atoms with Gasteiger partial charge in [0, 0.05) is 11.8 Å². The fraction of sp³-hybridized carbons (Fsp3) is 0.417. The third kappa shape index (κ3) is 8.00. The van der Waals surface area contributed by atoms with Crippen molar-refractivity contribution in [1.82, 2.24) is 10.3 Å². The Morgan fingerprint density at radius 1 is 1.11 bits per heavy atom. The first-order chi connectivity index (χ1) is 16.7. The summed E-state index contributed by atoms with van der Waals surface area (Å²) in [6.07, 6.45) is -0.779. The average Bonchev–Trinajstić information content (AvgIpc) is 2.74. The predicted octanol–water partition coefficient (Wildman–Crippen LogP) is 5.76. The zero-order valence-corrected chi connectivity index (χ0v) is 21.1. The smallest absolute Gasteiger partial charge is 0.346 e. The number of aromatic nitrogens is 1. The molecule has 36 heavy (non-hydrogen) atoms. The van der Waals surface area contributed by atoms with Gasteiger partial charge in [0.05, 0.1) is 12.3 Å². The summed E-state index contributed by atoms with van der Waals surface area (Å²) in [6, 6.07) is 3.11. The van der Waals surface area contributed by atoms with Crippen molar-refractivity contribution in [3.8, 4) is 0 Å². The number of sulfonamides is 1. The van der Waals surface area contributed by atoms with Crippen LogP contribution in [0.5, 0.6) is 0 Å². The molecule has 0 saturated carbocycles. The van der Waals surface area contributed by atoms with Crippen LogP contribution in [0.1, 0.15) is 68.6 Å². The van der Waals surface area contributed by atoms with Crippen LogP contribution in [0.15, 0.2) is 30.3 Å². The molecule has 0 aliphatic heterocycles. The molecule has 2 aromatic rings. The molecule has 0 bridgehead atoms. The molecule has 1 amide bonds. The second kappa shape index (κ2) is 11.8. The number of benzene rings is 1. The van der Waals surface area contributed by atoms with Crippen molar-refractivity contribution in [2.24, 2.45) is 0 Å². The summed E-state index contributed by atoms with van der Waals surface area (Å²) in [5.41, 5.74) is -0.652. The van der Waals surface area contributed by atoms with Crippen molar-refractivity contribution in [1.29, 1.82) is 0 Å². The van der Waals surface area contributed by atoms with Gasteiger partial charge < -0.3 is 5.32 Å². The fourth-order valence-electron chi connectivity index (χ4n) is 3.56. The predicted molar refractivity (Wildman–Crippen MR) is 128 cm³/mol. The van der Waals surface area contributed by atoms with Gasteiger partial charge in [0.25, 0.3) is 0 Å². The number of allylic oxidation sites excluding steroid dienone is 1. The number of anilines is 1. The molecule has 0 unspecified atom stereocenters. The van der Waals surface area contributed by atoms with Crippen molar-refractivity contribution >= 4 is 27.2 Å².